The molecule has 0 bridgehead atoms. The number of ether oxygens (including phenoxy) is 1. The highest BCUT2D eigenvalue weighted by Gasteiger charge is 2.16. The van der Waals surface area contributed by atoms with Crippen LogP contribution in [0.1, 0.15) is 5.56 Å². The van der Waals surface area contributed by atoms with Gasteiger partial charge in [-0.25, -0.2) is 4.98 Å². The van der Waals surface area contributed by atoms with Gasteiger partial charge in [0.05, 0.1) is 22.8 Å². The van der Waals surface area contributed by atoms with Crippen LogP contribution >= 0.6 is 22.9 Å². The Hall–Kier alpha value is -1.13. The number of hydrogen-bond donors (Lipinski definition) is 0. The lowest BCUT2D eigenvalue weighted by atomic mass is 10.1. The van der Waals surface area contributed by atoms with Crippen molar-refractivity contribution in [2.45, 2.75) is 11.8 Å². The van der Waals surface area contributed by atoms with E-state index in [1.54, 1.807) is 16.8 Å². The SMILES string of the molecule is COC(=O)C(Cl)Cc1ccc2ncsc2c1. The molecule has 0 spiro atoms. The van der Waals surface area contributed by atoms with Crippen molar-refractivity contribution in [2.75, 3.05) is 7.11 Å². The minimum atomic E-state index is -0.629. The summed E-state index contributed by atoms with van der Waals surface area (Å²) < 4.78 is 5.68. The molecule has 0 aliphatic carbocycles. The molecule has 84 valence electrons. The number of aromatic nitrogens is 1. The Morgan fingerprint density at radius 3 is 3.19 bits per heavy atom. The molecule has 5 heteroatoms. The molecule has 1 unspecified atom stereocenters. The third-order valence-corrected chi connectivity index (χ3v) is 3.39. The molecule has 1 atom stereocenters. The Kier molecular flexibility index (Phi) is 3.41. The van der Waals surface area contributed by atoms with Gasteiger partial charge in [-0.1, -0.05) is 6.07 Å². The third kappa shape index (κ3) is 2.33. The summed E-state index contributed by atoms with van der Waals surface area (Å²) in [6, 6.07) is 5.87. The van der Waals surface area contributed by atoms with E-state index < -0.39 is 11.3 Å². The average molecular weight is 256 g/mol. The maximum Gasteiger partial charge on any atom is 0.324 e. The molecule has 3 nitrogen and oxygen atoms in total. The number of carbonyl (C=O) groups is 1. The van der Waals surface area contributed by atoms with Crippen molar-refractivity contribution in [1.82, 2.24) is 4.98 Å². The smallest absolute Gasteiger partial charge is 0.324 e. The number of halogens is 1. The van der Waals surface area contributed by atoms with E-state index in [1.807, 2.05) is 18.2 Å². The van der Waals surface area contributed by atoms with Gasteiger partial charge in [-0.05, 0) is 24.1 Å². The molecule has 16 heavy (non-hydrogen) atoms. The van der Waals surface area contributed by atoms with Crippen LogP contribution in [0, 0.1) is 0 Å². The van der Waals surface area contributed by atoms with Gasteiger partial charge in [0.1, 0.15) is 5.38 Å². The number of hydrogen-bond acceptors (Lipinski definition) is 4. The molecule has 0 fully saturated rings. The van der Waals surface area contributed by atoms with E-state index in [1.165, 1.54) is 7.11 Å². The molecular formula is C11H10ClNO2S. The van der Waals surface area contributed by atoms with Crippen molar-refractivity contribution in [2.24, 2.45) is 0 Å². The second-order valence-electron chi connectivity index (χ2n) is 3.35. The van der Waals surface area contributed by atoms with Crippen LogP contribution in [0.15, 0.2) is 23.7 Å². The van der Waals surface area contributed by atoms with Crippen LogP contribution in [0.3, 0.4) is 0 Å². The lowest BCUT2D eigenvalue weighted by Crippen LogP contribution is -2.18. The van der Waals surface area contributed by atoms with Crippen molar-refractivity contribution in [1.29, 1.82) is 0 Å². The van der Waals surface area contributed by atoms with Gasteiger partial charge in [-0.2, -0.15) is 0 Å². The van der Waals surface area contributed by atoms with Gasteiger partial charge in [0.15, 0.2) is 0 Å². The quantitative estimate of drug-likeness (QED) is 0.625. The zero-order valence-corrected chi connectivity index (χ0v) is 10.2. The number of alkyl halides is 1. The molecule has 1 aromatic heterocycles. The van der Waals surface area contributed by atoms with Gasteiger partial charge in [-0.3, -0.25) is 4.79 Å². The summed E-state index contributed by atoms with van der Waals surface area (Å²) in [5, 5.41) is -0.629. The minimum absolute atomic E-state index is 0.397. The van der Waals surface area contributed by atoms with Crippen LogP contribution in [-0.4, -0.2) is 23.4 Å². The van der Waals surface area contributed by atoms with Gasteiger partial charge < -0.3 is 4.74 Å². The fourth-order valence-corrected chi connectivity index (χ4v) is 2.45. The molecule has 1 aromatic carbocycles. The number of methoxy groups -OCH3 is 1. The van der Waals surface area contributed by atoms with E-state index in [2.05, 4.69) is 9.72 Å². The fraction of sp³-hybridized carbons (Fsp3) is 0.273. The summed E-state index contributed by atoms with van der Waals surface area (Å²) in [6.45, 7) is 0. The van der Waals surface area contributed by atoms with Crippen LogP contribution < -0.4 is 0 Å². The van der Waals surface area contributed by atoms with Gasteiger partial charge in [0.2, 0.25) is 0 Å². The molecule has 0 aliphatic rings. The van der Waals surface area contributed by atoms with Crippen molar-refractivity contribution in [3.05, 3.63) is 29.3 Å². The molecule has 0 amide bonds. The van der Waals surface area contributed by atoms with Crippen LogP contribution in [-0.2, 0) is 16.0 Å². The summed E-state index contributed by atoms with van der Waals surface area (Å²) in [4.78, 5) is 15.3. The molecule has 0 aliphatic heterocycles. The Labute approximate surface area is 102 Å². The maximum atomic E-state index is 11.2. The number of esters is 1. The van der Waals surface area contributed by atoms with Crippen molar-refractivity contribution >= 4 is 39.1 Å². The predicted octanol–water partition coefficient (Wildman–Crippen LogP) is 2.62. The Bertz CT molecular complexity index is 511. The molecular weight excluding hydrogens is 246 g/mol. The highest BCUT2D eigenvalue weighted by Crippen LogP contribution is 2.20. The van der Waals surface area contributed by atoms with Crippen molar-refractivity contribution in [3.63, 3.8) is 0 Å². The van der Waals surface area contributed by atoms with E-state index in [0.717, 1.165) is 15.8 Å². The molecule has 0 saturated carbocycles. The summed E-state index contributed by atoms with van der Waals surface area (Å²) in [7, 11) is 1.34. The predicted molar refractivity (Wildman–Crippen MR) is 65.0 cm³/mol. The van der Waals surface area contributed by atoms with Gasteiger partial charge in [0.25, 0.3) is 0 Å². The van der Waals surface area contributed by atoms with E-state index in [0.29, 0.717) is 6.42 Å². The fourth-order valence-electron chi connectivity index (χ4n) is 1.44. The first-order chi connectivity index (χ1) is 7.70. The molecule has 0 saturated heterocycles. The first-order valence-electron chi connectivity index (χ1n) is 4.74. The first kappa shape index (κ1) is 11.4. The third-order valence-electron chi connectivity index (χ3n) is 2.27. The topological polar surface area (TPSA) is 39.2 Å². The number of thiazole rings is 1. The molecule has 2 aromatic rings. The number of carbonyl (C=O) groups excluding carboxylic acids is 1. The van der Waals surface area contributed by atoms with Gasteiger partial charge in [0, 0.05) is 0 Å². The van der Waals surface area contributed by atoms with E-state index in [4.69, 9.17) is 11.6 Å². The van der Waals surface area contributed by atoms with Gasteiger partial charge >= 0.3 is 5.97 Å². The second kappa shape index (κ2) is 4.80. The lowest BCUT2D eigenvalue weighted by molar-refractivity contribution is -0.140. The maximum absolute atomic E-state index is 11.2. The normalized spacial score (nSPS) is 12.6. The summed E-state index contributed by atoms with van der Waals surface area (Å²) in [5.74, 6) is -0.397. The van der Waals surface area contributed by atoms with Gasteiger partial charge in [-0.15, -0.1) is 22.9 Å². The number of benzene rings is 1. The van der Waals surface area contributed by atoms with E-state index >= 15 is 0 Å². The molecule has 0 N–H and O–H groups in total. The minimum Gasteiger partial charge on any atom is -0.468 e. The molecule has 0 radical (unpaired) electrons. The van der Waals surface area contributed by atoms with Crippen molar-refractivity contribution in [3.8, 4) is 0 Å². The largest absolute Gasteiger partial charge is 0.468 e. The van der Waals surface area contributed by atoms with E-state index in [9.17, 15) is 4.79 Å². The van der Waals surface area contributed by atoms with E-state index in [-0.39, 0.29) is 0 Å². The van der Waals surface area contributed by atoms with Crippen LogP contribution in [0.25, 0.3) is 10.2 Å². The lowest BCUT2D eigenvalue weighted by Gasteiger charge is -2.06. The molecule has 1 heterocycles. The summed E-state index contributed by atoms with van der Waals surface area (Å²) in [6.07, 6.45) is 0.474. The monoisotopic (exact) mass is 255 g/mol. The van der Waals surface area contributed by atoms with Crippen molar-refractivity contribution < 1.29 is 9.53 Å². The average Bonchev–Trinajstić information content (AvgIpc) is 2.75. The standard InChI is InChI=1S/C11H10ClNO2S/c1-15-11(14)8(12)4-7-2-3-9-10(5-7)16-6-13-9/h2-3,5-6,8H,4H2,1H3. The summed E-state index contributed by atoms with van der Waals surface area (Å²) >= 11 is 7.48. The highest BCUT2D eigenvalue weighted by atomic mass is 35.5. The Morgan fingerprint density at radius 2 is 2.44 bits per heavy atom. The first-order valence-corrected chi connectivity index (χ1v) is 6.06. The Balaban J connectivity index is 2.17. The Morgan fingerprint density at radius 1 is 1.62 bits per heavy atom. The molecule has 2 rings (SSSR count). The van der Waals surface area contributed by atoms with Crippen LogP contribution in [0.5, 0.6) is 0 Å². The zero-order valence-electron chi connectivity index (χ0n) is 8.64. The number of nitrogens with zero attached hydrogens (tertiary/aromatic N) is 1. The number of fused-ring (bicyclic) bond motifs is 1. The zero-order chi connectivity index (χ0) is 11.5. The second-order valence-corrected chi connectivity index (χ2v) is 4.76. The van der Waals surface area contributed by atoms with Crippen LogP contribution in [0.4, 0.5) is 0 Å². The van der Waals surface area contributed by atoms with Crippen LogP contribution in [0.2, 0.25) is 0 Å². The summed E-state index contributed by atoms with van der Waals surface area (Å²) in [5.41, 5.74) is 3.78. The highest BCUT2D eigenvalue weighted by molar-refractivity contribution is 7.16. The number of rotatable bonds is 3.